The van der Waals surface area contributed by atoms with Crippen LogP contribution in [0.1, 0.15) is 45.4 Å². The van der Waals surface area contributed by atoms with Gasteiger partial charge in [0.2, 0.25) is 0 Å². The minimum Gasteiger partial charge on any atom is -0.355 e. The summed E-state index contributed by atoms with van der Waals surface area (Å²) in [5.74, 6) is 1.53. The van der Waals surface area contributed by atoms with E-state index < -0.39 is 0 Å². The minimum absolute atomic E-state index is 0.553. The van der Waals surface area contributed by atoms with Crippen molar-refractivity contribution >= 4 is 5.84 Å². The Balaban J connectivity index is 1.67. The second-order valence-electron chi connectivity index (χ2n) is 6.16. The molecule has 2 aliphatic heterocycles. The van der Waals surface area contributed by atoms with Gasteiger partial charge in [-0.1, -0.05) is 12.8 Å². The minimum atomic E-state index is 0.553. The Labute approximate surface area is 105 Å². The second-order valence-corrected chi connectivity index (χ2v) is 6.16. The molecule has 0 aromatic rings. The Hall–Kier alpha value is -0.570. The summed E-state index contributed by atoms with van der Waals surface area (Å²) in [5, 5.41) is 8.47. The van der Waals surface area contributed by atoms with E-state index >= 15 is 0 Å². The molecule has 0 radical (unpaired) electrons. The third-order valence-electron chi connectivity index (χ3n) is 4.99. The van der Waals surface area contributed by atoms with E-state index in [1.807, 2.05) is 0 Å². The van der Waals surface area contributed by atoms with Crippen molar-refractivity contribution < 1.29 is 0 Å². The molecule has 1 N–H and O–H groups in total. The summed E-state index contributed by atoms with van der Waals surface area (Å²) in [6.45, 7) is 5.90. The van der Waals surface area contributed by atoms with E-state index in [1.54, 1.807) is 0 Å². The van der Waals surface area contributed by atoms with Crippen LogP contribution in [0, 0.1) is 11.3 Å². The van der Waals surface area contributed by atoms with Gasteiger partial charge in [-0.05, 0) is 39.2 Å². The molecule has 3 aliphatic rings. The molecule has 0 aromatic carbocycles. The summed E-state index contributed by atoms with van der Waals surface area (Å²) >= 11 is 0. The normalized spacial score (nSPS) is 35.2. The predicted octanol–water partition coefficient (Wildman–Crippen LogP) is 2.32. The van der Waals surface area contributed by atoms with Crippen molar-refractivity contribution in [3.8, 4) is 0 Å². The molecule has 0 spiro atoms. The van der Waals surface area contributed by atoms with Crippen LogP contribution >= 0.6 is 0 Å². The highest BCUT2D eigenvalue weighted by Gasteiger charge is 2.37. The number of hydrogen-bond acceptors (Lipinski definition) is 2. The molecular formula is C14H25N3. The monoisotopic (exact) mass is 235 g/mol. The quantitative estimate of drug-likeness (QED) is 0.558. The Morgan fingerprint density at radius 2 is 1.82 bits per heavy atom. The van der Waals surface area contributed by atoms with E-state index in [0.717, 1.165) is 18.4 Å². The van der Waals surface area contributed by atoms with Crippen LogP contribution in [0.5, 0.6) is 0 Å². The fraction of sp³-hybridized carbons (Fsp3) is 0.929. The maximum Gasteiger partial charge on any atom is 0.0992 e. The zero-order chi connectivity index (χ0) is 11.8. The lowest BCUT2D eigenvalue weighted by Crippen LogP contribution is -2.57. The lowest BCUT2D eigenvalue weighted by Gasteiger charge is -2.44. The van der Waals surface area contributed by atoms with Crippen molar-refractivity contribution in [2.24, 2.45) is 5.92 Å². The second kappa shape index (κ2) is 4.60. The number of hydrogen-bond donors (Lipinski definition) is 1. The van der Waals surface area contributed by atoms with Crippen molar-refractivity contribution in [1.82, 2.24) is 9.80 Å². The van der Waals surface area contributed by atoms with Gasteiger partial charge in [0.25, 0.3) is 0 Å². The van der Waals surface area contributed by atoms with Crippen LogP contribution in [0.2, 0.25) is 0 Å². The number of amidine groups is 1. The van der Waals surface area contributed by atoms with Crippen LogP contribution in [0.25, 0.3) is 0 Å². The van der Waals surface area contributed by atoms with Crippen molar-refractivity contribution in [3.63, 3.8) is 0 Å². The summed E-state index contributed by atoms with van der Waals surface area (Å²) in [6.07, 6.45) is 7.91. The molecule has 3 rings (SSSR count). The van der Waals surface area contributed by atoms with Crippen LogP contribution in [0.15, 0.2) is 0 Å². The molecular weight excluding hydrogens is 210 g/mol. The molecule has 1 aliphatic carbocycles. The van der Waals surface area contributed by atoms with Crippen molar-refractivity contribution in [1.29, 1.82) is 5.41 Å². The van der Waals surface area contributed by atoms with Crippen molar-refractivity contribution in [3.05, 3.63) is 0 Å². The highest BCUT2D eigenvalue weighted by atomic mass is 15.3. The van der Waals surface area contributed by atoms with Gasteiger partial charge in [-0.15, -0.1) is 0 Å². The van der Waals surface area contributed by atoms with Gasteiger partial charge in [0.05, 0.1) is 5.84 Å². The highest BCUT2D eigenvalue weighted by molar-refractivity contribution is 5.82. The molecule has 3 fully saturated rings. The van der Waals surface area contributed by atoms with E-state index in [9.17, 15) is 0 Å². The summed E-state index contributed by atoms with van der Waals surface area (Å²) in [5.41, 5.74) is 0. The smallest absolute Gasteiger partial charge is 0.0992 e. The van der Waals surface area contributed by atoms with Crippen LogP contribution < -0.4 is 0 Å². The molecule has 0 aromatic heterocycles. The number of rotatable bonds is 1. The number of fused-ring (bicyclic) bond motifs is 1. The summed E-state index contributed by atoms with van der Waals surface area (Å²) in [6, 6.07) is 1.30. The van der Waals surface area contributed by atoms with Gasteiger partial charge in [0.1, 0.15) is 0 Å². The summed E-state index contributed by atoms with van der Waals surface area (Å²) in [4.78, 5) is 5.06. The standard InChI is InChI=1S/C14H25N3/c1-11-9-16-8-4-7-13(16)10-17(11)14(15)12-5-2-3-6-12/h11-13,15H,2-10H2,1H3. The molecule has 2 heterocycles. The zero-order valence-corrected chi connectivity index (χ0v) is 11.0. The van der Waals surface area contributed by atoms with E-state index in [0.29, 0.717) is 12.0 Å². The third kappa shape index (κ3) is 2.10. The molecule has 96 valence electrons. The summed E-state index contributed by atoms with van der Waals surface area (Å²) in [7, 11) is 0. The first-order chi connectivity index (χ1) is 8.25. The van der Waals surface area contributed by atoms with Gasteiger partial charge in [-0.2, -0.15) is 0 Å². The van der Waals surface area contributed by atoms with Crippen molar-refractivity contribution in [2.45, 2.75) is 57.5 Å². The van der Waals surface area contributed by atoms with E-state index in [4.69, 9.17) is 5.41 Å². The van der Waals surface area contributed by atoms with Crippen LogP contribution in [0.4, 0.5) is 0 Å². The average molecular weight is 235 g/mol. The van der Waals surface area contributed by atoms with Crippen molar-refractivity contribution in [2.75, 3.05) is 19.6 Å². The van der Waals surface area contributed by atoms with Crippen LogP contribution in [-0.2, 0) is 0 Å². The Kier molecular flexibility index (Phi) is 3.12. The lowest BCUT2D eigenvalue weighted by molar-refractivity contribution is 0.104. The van der Waals surface area contributed by atoms with Gasteiger partial charge in [0.15, 0.2) is 0 Å². The van der Waals surface area contributed by atoms with Gasteiger partial charge in [0, 0.05) is 31.1 Å². The highest BCUT2D eigenvalue weighted by Crippen LogP contribution is 2.30. The largest absolute Gasteiger partial charge is 0.355 e. The van der Waals surface area contributed by atoms with Crippen LogP contribution in [0.3, 0.4) is 0 Å². The van der Waals surface area contributed by atoms with Gasteiger partial charge >= 0.3 is 0 Å². The first-order valence-electron chi connectivity index (χ1n) is 7.35. The maximum absolute atomic E-state index is 8.47. The Bertz CT molecular complexity index is 296. The summed E-state index contributed by atoms with van der Waals surface area (Å²) < 4.78 is 0. The molecule has 1 saturated carbocycles. The van der Waals surface area contributed by atoms with Crippen LogP contribution in [-0.4, -0.2) is 47.4 Å². The van der Waals surface area contributed by atoms with E-state index in [1.165, 1.54) is 51.6 Å². The third-order valence-corrected chi connectivity index (χ3v) is 4.99. The lowest BCUT2D eigenvalue weighted by atomic mass is 10.0. The molecule has 2 saturated heterocycles. The maximum atomic E-state index is 8.47. The number of nitrogens with zero attached hydrogens (tertiary/aromatic N) is 2. The topological polar surface area (TPSA) is 30.3 Å². The predicted molar refractivity (Wildman–Crippen MR) is 70.4 cm³/mol. The molecule has 3 heteroatoms. The number of piperazine rings is 1. The molecule has 2 atom stereocenters. The zero-order valence-electron chi connectivity index (χ0n) is 11.0. The van der Waals surface area contributed by atoms with E-state index in [-0.39, 0.29) is 0 Å². The fourth-order valence-electron chi connectivity index (χ4n) is 3.96. The van der Waals surface area contributed by atoms with Gasteiger partial charge < -0.3 is 4.90 Å². The SMILES string of the molecule is CC1CN2CCCC2CN1C(=N)C1CCCC1. The first kappa shape index (κ1) is 11.5. The molecule has 17 heavy (non-hydrogen) atoms. The first-order valence-corrected chi connectivity index (χ1v) is 7.35. The Morgan fingerprint density at radius 3 is 2.59 bits per heavy atom. The van der Waals surface area contributed by atoms with Gasteiger partial charge in [-0.25, -0.2) is 0 Å². The average Bonchev–Trinajstić information content (AvgIpc) is 2.97. The molecule has 0 bridgehead atoms. The number of nitrogens with one attached hydrogen (secondary N) is 1. The molecule has 3 nitrogen and oxygen atoms in total. The van der Waals surface area contributed by atoms with E-state index in [2.05, 4.69) is 16.7 Å². The fourth-order valence-corrected chi connectivity index (χ4v) is 3.96. The van der Waals surface area contributed by atoms with Gasteiger partial charge in [-0.3, -0.25) is 10.3 Å². The Morgan fingerprint density at radius 1 is 1.06 bits per heavy atom. The molecule has 0 amide bonds. The molecule has 2 unspecified atom stereocenters.